The molecule has 104 valence electrons. The van der Waals surface area contributed by atoms with Gasteiger partial charge in [-0.1, -0.05) is 23.7 Å². The largest absolute Gasteiger partial charge is 0.457 e. The van der Waals surface area contributed by atoms with Crippen LogP contribution >= 0.6 is 11.6 Å². The standard InChI is InChI=1S/C15H14ClNO3/c1-11-10-14(6-7-15(11)16)20-13-4-2-12(3-5-13)8-9-17(18)19/h2-7,10H,8-9H2,1H3. The molecule has 2 rings (SSSR count). The summed E-state index contributed by atoms with van der Waals surface area (Å²) in [5.74, 6) is 1.40. The van der Waals surface area contributed by atoms with E-state index in [-0.39, 0.29) is 11.5 Å². The number of nitrogens with zero attached hydrogens (tertiary/aromatic N) is 1. The van der Waals surface area contributed by atoms with Gasteiger partial charge in [-0.05, 0) is 48.4 Å². The third-order valence-electron chi connectivity index (χ3n) is 2.87. The van der Waals surface area contributed by atoms with E-state index in [1.165, 1.54) is 0 Å². The highest BCUT2D eigenvalue weighted by molar-refractivity contribution is 6.31. The summed E-state index contributed by atoms with van der Waals surface area (Å²) >= 11 is 5.95. The minimum Gasteiger partial charge on any atom is -0.457 e. The van der Waals surface area contributed by atoms with Gasteiger partial charge in [-0.2, -0.15) is 0 Å². The molecule has 0 radical (unpaired) electrons. The van der Waals surface area contributed by atoms with Crippen LogP contribution in [0.15, 0.2) is 42.5 Å². The molecule has 0 fully saturated rings. The summed E-state index contributed by atoms with van der Waals surface area (Å²) in [6.45, 7) is 1.85. The van der Waals surface area contributed by atoms with Crippen molar-refractivity contribution in [1.29, 1.82) is 0 Å². The molecular weight excluding hydrogens is 278 g/mol. The van der Waals surface area contributed by atoms with Crippen LogP contribution in [0.25, 0.3) is 0 Å². The number of aryl methyl sites for hydroxylation is 1. The van der Waals surface area contributed by atoms with Crippen molar-refractivity contribution in [2.45, 2.75) is 13.3 Å². The lowest BCUT2D eigenvalue weighted by Crippen LogP contribution is -2.03. The molecule has 0 aliphatic rings. The summed E-state index contributed by atoms with van der Waals surface area (Å²) in [6, 6.07) is 12.7. The van der Waals surface area contributed by atoms with Crippen molar-refractivity contribution >= 4 is 11.6 Å². The van der Waals surface area contributed by atoms with Gasteiger partial charge in [0.1, 0.15) is 11.5 Å². The van der Waals surface area contributed by atoms with Crippen LogP contribution in [-0.2, 0) is 6.42 Å². The van der Waals surface area contributed by atoms with E-state index in [1.54, 1.807) is 24.3 Å². The van der Waals surface area contributed by atoms with Gasteiger partial charge in [0, 0.05) is 16.4 Å². The first kappa shape index (κ1) is 14.3. The van der Waals surface area contributed by atoms with Crippen molar-refractivity contribution in [2.75, 3.05) is 6.54 Å². The zero-order chi connectivity index (χ0) is 14.5. The van der Waals surface area contributed by atoms with E-state index < -0.39 is 0 Å². The number of halogens is 1. The molecule has 0 bridgehead atoms. The van der Waals surface area contributed by atoms with Crippen LogP contribution < -0.4 is 4.74 Å². The average molecular weight is 292 g/mol. The molecule has 0 unspecified atom stereocenters. The predicted octanol–water partition coefficient (Wildman–Crippen LogP) is 4.26. The van der Waals surface area contributed by atoms with Crippen LogP contribution in [0.2, 0.25) is 5.02 Å². The Morgan fingerprint density at radius 3 is 2.40 bits per heavy atom. The lowest BCUT2D eigenvalue weighted by molar-refractivity contribution is -0.479. The van der Waals surface area contributed by atoms with E-state index >= 15 is 0 Å². The summed E-state index contributed by atoms with van der Waals surface area (Å²) < 4.78 is 5.70. The molecule has 0 amide bonds. The Morgan fingerprint density at radius 1 is 1.15 bits per heavy atom. The Bertz CT molecular complexity index is 611. The van der Waals surface area contributed by atoms with E-state index in [0.29, 0.717) is 22.9 Å². The maximum absolute atomic E-state index is 10.3. The molecular formula is C15H14ClNO3. The molecule has 0 heterocycles. The van der Waals surface area contributed by atoms with Gasteiger partial charge in [0.05, 0.1) is 0 Å². The van der Waals surface area contributed by atoms with Crippen LogP contribution in [-0.4, -0.2) is 11.5 Å². The minimum atomic E-state index is -0.319. The van der Waals surface area contributed by atoms with E-state index in [9.17, 15) is 10.1 Å². The van der Waals surface area contributed by atoms with Gasteiger partial charge < -0.3 is 4.74 Å². The Hall–Kier alpha value is -2.07. The van der Waals surface area contributed by atoms with Crippen LogP contribution in [0, 0.1) is 17.0 Å². The van der Waals surface area contributed by atoms with Crippen molar-refractivity contribution in [3.8, 4) is 11.5 Å². The van der Waals surface area contributed by atoms with Gasteiger partial charge in [0.2, 0.25) is 6.54 Å². The van der Waals surface area contributed by atoms with Gasteiger partial charge in [0.25, 0.3) is 0 Å². The SMILES string of the molecule is Cc1cc(Oc2ccc(CC[N+](=O)[O-])cc2)ccc1Cl. The maximum atomic E-state index is 10.3. The van der Waals surface area contributed by atoms with E-state index in [4.69, 9.17) is 16.3 Å². The Kier molecular flexibility index (Phi) is 4.58. The molecule has 0 aliphatic heterocycles. The van der Waals surface area contributed by atoms with Crippen LogP contribution in [0.3, 0.4) is 0 Å². The summed E-state index contributed by atoms with van der Waals surface area (Å²) in [7, 11) is 0. The normalized spacial score (nSPS) is 10.3. The highest BCUT2D eigenvalue weighted by Gasteiger charge is 2.03. The predicted molar refractivity (Wildman–Crippen MR) is 78.3 cm³/mol. The Morgan fingerprint density at radius 2 is 1.80 bits per heavy atom. The summed E-state index contributed by atoms with van der Waals surface area (Å²) in [5.41, 5.74) is 1.87. The van der Waals surface area contributed by atoms with Crippen molar-refractivity contribution in [3.05, 3.63) is 68.7 Å². The van der Waals surface area contributed by atoms with Crippen LogP contribution in [0.5, 0.6) is 11.5 Å². The third-order valence-corrected chi connectivity index (χ3v) is 3.30. The molecule has 5 heteroatoms. The fourth-order valence-electron chi connectivity index (χ4n) is 1.76. The van der Waals surface area contributed by atoms with Crippen LogP contribution in [0.4, 0.5) is 0 Å². The molecule has 0 aromatic heterocycles. The second-order valence-electron chi connectivity index (χ2n) is 4.46. The van der Waals surface area contributed by atoms with Crippen molar-refractivity contribution in [1.82, 2.24) is 0 Å². The molecule has 0 aliphatic carbocycles. The molecule has 4 nitrogen and oxygen atoms in total. The second-order valence-corrected chi connectivity index (χ2v) is 4.87. The molecule has 2 aromatic rings. The van der Waals surface area contributed by atoms with Crippen molar-refractivity contribution in [2.24, 2.45) is 0 Å². The van der Waals surface area contributed by atoms with E-state index in [2.05, 4.69) is 0 Å². The van der Waals surface area contributed by atoms with Gasteiger partial charge in [0.15, 0.2) is 0 Å². The fourth-order valence-corrected chi connectivity index (χ4v) is 1.88. The molecule has 0 saturated carbocycles. The lowest BCUT2D eigenvalue weighted by Gasteiger charge is -2.08. The average Bonchev–Trinajstić information content (AvgIpc) is 2.42. The number of hydrogen-bond donors (Lipinski definition) is 0. The smallest absolute Gasteiger partial charge is 0.207 e. The molecule has 0 atom stereocenters. The number of benzene rings is 2. The Labute approximate surface area is 122 Å². The molecule has 0 N–H and O–H groups in total. The van der Waals surface area contributed by atoms with E-state index in [0.717, 1.165) is 11.1 Å². The topological polar surface area (TPSA) is 52.4 Å². The minimum absolute atomic E-state index is 0.0589. The number of nitro groups is 1. The highest BCUT2D eigenvalue weighted by Crippen LogP contribution is 2.26. The number of ether oxygens (including phenoxy) is 1. The first-order valence-electron chi connectivity index (χ1n) is 6.19. The third kappa shape index (κ3) is 3.96. The highest BCUT2D eigenvalue weighted by atomic mass is 35.5. The maximum Gasteiger partial charge on any atom is 0.207 e. The quantitative estimate of drug-likeness (QED) is 0.611. The first-order chi connectivity index (χ1) is 9.54. The van der Waals surface area contributed by atoms with E-state index in [1.807, 2.05) is 25.1 Å². The van der Waals surface area contributed by atoms with Crippen molar-refractivity contribution < 1.29 is 9.66 Å². The zero-order valence-electron chi connectivity index (χ0n) is 11.0. The monoisotopic (exact) mass is 291 g/mol. The van der Waals surface area contributed by atoms with Gasteiger partial charge in [-0.3, -0.25) is 10.1 Å². The zero-order valence-corrected chi connectivity index (χ0v) is 11.8. The molecule has 2 aromatic carbocycles. The Balaban J connectivity index is 2.02. The summed E-state index contributed by atoms with van der Waals surface area (Å²) in [5, 5.41) is 11.0. The second kappa shape index (κ2) is 6.39. The number of hydrogen-bond acceptors (Lipinski definition) is 3. The lowest BCUT2D eigenvalue weighted by atomic mass is 10.1. The molecule has 20 heavy (non-hydrogen) atoms. The summed E-state index contributed by atoms with van der Waals surface area (Å²) in [6.07, 6.45) is 0.424. The first-order valence-corrected chi connectivity index (χ1v) is 6.57. The van der Waals surface area contributed by atoms with Gasteiger partial charge in [-0.15, -0.1) is 0 Å². The molecule has 0 spiro atoms. The number of rotatable bonds is 5. The van der Waals surface area contributed by atoms with Gasteiger partial charge in [-0.25, -0.2) is 0 Å². The van der Waals surface area contributed by atoms with Crippen LogP contribution in [0.1, 0.15) is 11.1 Å². The summed E-state index contributed by atoms with van der Waals surface area (Å²) in [4.78, 5) is 9.99. The molecule has 0 saturated heterocycles. The fraction of sp³-hybridized carbons (Fsp3) is 0.200. The van der Waals surface area contributed by atoms with Crippen molar-refractivity contribution in [3.63, 3.8) is 0 Å². The van der Waals surface area contributed by atoms with Gasteiger partial charge >= 0.3 is 0 Å².